The maximum Gasteiger partial charge on any atom is 0.287 e. The molecule has 1 aliphatic carbocycles. The number of hydrogen-bond donors (Lipinski definition) is 2. The number of fused-ring (bicyclic) bond motifs is 1. The van der Waals surface area contributed by atoms with E-state index in [1.165, 1.54) is 6.07 Å². The van der Waals surface area contributed by atoms with Gasteiger partial charge in [0.15, 0.2) is 17.2 Å². The molecule has 21 heavy (non-hydrogen) atoms. The number of carbonyl (C=O) groups is 2. The van der Waals surface area contributed by atoms with Crippen molar-refractivity contribution in [1.82, 2.24) is 10.6 Å². The first-order valence-corrected chi connectivity index (χ1v) is 6.81. The summed E-state index contributed by atoms with van der Waals surface area (Å²) in [5.74, 6) is -1.23. The SMILES string of the molecule is Cc1c(C(=O)NCC(=O)NC2CC2)oc2c(F)cccc12. The third-order valence-corrected chi connectivity index (χ3v) is 3.47. The van der Waals surface area contributed by atoms with E-state index in [1.807, 2.05) is 0 Å². The van der Waals surface area contributed by atoms with Crippen LogP contribution >= 0.6 is 0 Å². The molecule has 0 spiro atoms. The molecule has 110 valence electrons. The normalized spacial score (nSPS) is 14.2. The van der Waals surface area contributed by atoms with Gasteiger partial charge < -0.3 is 15.1 Å². The van der Waals surface area contributed by atoms with Crippen molar-refractivity contribution in [3.63, 3.8) is 0 Å². The molecule has 2 aromatic rings. The molecule has 0 radical (unpaired) electrons. The van der Waals surface area contributed by atoms with Gasteiger partial charge in [-0.3, -0.25) is 9.59 Å². The Morgan fingerprint density at radius 1 is 1.38 bits per heavy atom. The molecular formula is C15H15FN2O3. The van der Waals surface area contributed by atoms with E-state index < -0.39 is 11.7 Å². The van der Waals surface area contributed by atoms with E-state index in [9.17, 15) is 14.0 Å². The molecule has 1 aromatic carbocycles. The highest BCUT2D eigenvalue weighted by Crippen LogP contribution is 2.27. The van der Waals surface area contributed by atoms with Crippen LogP contribution in [0.15, 0.2) is 22.6 Å². The molecule has 6 heteroatoms. The van der Waals surface area contributed by atoms with Gasteiger partial charge >= 0.3 is 0 Å². The zero-order valence-corrected chi connectivity index (χ0v) is 11.5. The van der Waals surface area contributed by atoms with E-state index in [4.69, 9.17) is 4.42 Å². The molecule has 2 amide bonds. The van der Waals surface area contributed by atoms with Crippen LogP contribution in [0.25, 0.3) is 11.0 Å². The third kappa shape index (κ3) is 2.74. The maximum absolute atomic E-state index is 13.6. The monoisotopic (exact) mass is 290 g/mol. The Labute approximate surface area is 120 Å². The van der Waals surface area contributed by atoms with Crippen molar-refractivity contribution >= 4 is 22.8 Å². The Morgan fingerprint density at radius 3 is 2.81 bits per heavy atom. The molecule has 1 fully saturated rings. The number of amides is 2. The molecule has 0 unspecified atom stereocenters. The number of halogens is 1. The number of nitrogens with one attached hydrogen (secondary N) is 2. The fourth-order valence-corrected chi connectivity index (χ4v) is 2.17. The molecule has 0 aliphatic heterocycles. The zero-order valence-electron chi connectivity index (χ0n) is 11.5. The molecule has 1 saturated carbocycles. The minimum absolute atomic E-state index is 0.0364. The van der Waals surface area contributed by atoms with Gasteiger partial charge in [-0.1, -0.05) is 12.1 Å². The number of hydrogen-bond acceptors (Lipinski definition) is 3. The van der Waals surface area contributed by atoms with E-state index in [0.717, 1.165) is 12.8 Å². The van der Waals surface area contributed by atoms with Gasteiger partial charge in [0.05, 0.1) is 6.54 Å². The third-order valence-electron chi connectivity index (χ3n) is 3.47. The summed E-state index contributed by atoms with van der Waals surface area (Å²) in [6.07, 6.45) is 1.98. The Hall–Kier alpha value is -2.37. The largest absolute Gasteiger partial charge is 0.448 e. The highest BCUT2D eigenvalue weighted by Gasteiger charge is 2.24. The number of para-hydroxylation sites is 1. The van der Waals surface area contributed by atoms with Crippen molar-refractivity contribution in [2.75, 3.05) is 6.54 Å². The molecule has 0 saturated heterocycles. The Balaban J connectivity index is 1.73. The van der Waals surface area contributed by atoms with Crippen LogP contribution in [0.5, 0.6) is 0 Å². The second-order valence-electron chi connectivity index (χ2n) is 5.20. The van der Waals surface area contributed by atoms with Crippen LogP contribution in [0.3, 0.4) is 0 Å². The van der Waals surface area contributed by atoms with Crippen molar-refractivity contribution in [1.29, 1.82) is 0 Å². The molecule has 1 heterocycles. The van der Waals surface area contributed by atoms with Crippen molar-refractivity contribution in [3.8, 4) is 0 Å². The van der Waals surface area contributed by atoms with Gasteiger partial charge in [-0.25, -0.2) is 4.39 Å². The summed E-state index contributed by atoms with van der Waals surface area (Å²) in [5, 5.41) is 5.81. The van der Waals surface area contributed by atoms with E-state index in [-0.39, 0.29) is 29.8 Å². The summed E-state index contributed by atoms with van der Waals surface area (Å²) in [7, 11) is 0. The van der Waals surface area contributed by atoms with E-state index >= 15 is 0 Å². The first-order valence-electron chi connectivity index (χ1n) is 6.81. The smallest absolute Gasteiger partial charge is 0.287 e. The standard InChI is InChI=1S/C15H15FN2O3/c1-8-10-3-2-4-11(16)14(10)21-13(8)15(20)17-7-12(19)18-9-5-6-9/h2-4,9H,5-7H2,1H3,(H,17,20)(H,18,19). The summed E-state index contributed by atoms with van der Waals surface area (Å²) in [5.41, 5.74) is 0.618. The van der Waals surface area contributed by atoms with Gasteiger partial charge in [-0.15, -0.1) is 0 Å². The van der Waals surface area contributed by atoms with Crippen LogP contribution in [0.2, 0.25) is 0 Å². The van der Waals surface area contributed by atoms with Crippen molar-refractivity contribution in [2.45, 2.75) is 25.8 Å². The van der Waals surface area contributed by atoms with Crippen LogP contribution in [-0.2, 0) is 4.79 Å². The number of furan rings is 1. The average molecular weight is 290 g/mol. The summed E-state index contributed by atoms with van der Waals surface area (Å²) in [6, 6.07) is 4.77. The second-order valence-corrected chi connectivity index (χ2v) is 5.20. The summed E-state index contributed by atoms with van der Waals surface area (Å²) >= 11 is 0. The maximum atomic E-state index is 13.6. The average Bonchev–Trinajstić information content (AvgIpc) is 3.20. The first kappa shape index (κ1) is 13.6. The van der Waals surface area contributed by atoms with E-state index in [0.29, 0.717) is 10.9 Å². The van der Waals surface area contributed by atoms with E-state index in [2.05, 4.69) is 10.6 Å². The highest BCUT2D eigenvalue weighted by atomic mass is 19.1. The number of aryl methyl sites for hydroxylation is 1. The quantitative estimate of drug-likeness (QED) is 0.903. The summed E-state index contributed by atoms with van der Waals surface area (Å²) in [4.78, 5) is 23.6. The van der Waals surface area contributed by atoms with Crippen LogP contribution in [0.1, 0.15) is 29.0 Å². The Morgan fingerprint density at radius 2 is 2.14 bits per heavy atom. The van der Waals surface area contributed by atoms with Crippen LogP contribution in [0, 0.1) is 12.7 Å². The van der Waals surface area contributed by atoms with Gasteiger partial charge in [0.2, 0.25) is 5.91 Å². The Kier molecular flexibility index (Phi) is 3.37. The first-order chi connectivity index (χ1) is 10.1. The lowest BCUT2D eigenvalue weighted by Gasteiger charge is -2.04. The summed E-state index contributed by atoms with van der Waals surface area (Å²) in [6.45, 7) is 1.57. The van der Waals surface area contributed by atoms with Gasteiger partial charge in [0.25, 0.3) is 5.91 Å². The molecule has 0 bridgehead atoms. The lowest BCUT2D eigenvalue weighted by molar-refractivity contribution is -0.120. The van der Waals surface area contributed by atoms with Crippen LogP contribution in [0.4, 0.5) is 4.39 Å². The summed E-state index contributed by atoms with van der Waals surface area (Å²) < 4.78 is 18.9. The van der Waals surface area contributed by atoms with Gasteiger partial charge in [-0.2, -0.15) is 0 Å². The molecule has 0 atom stereocenters. The lowest BCUT2D eigenvalue weighted by Crippen LogP contribution is -2.37. The van der Waals surface area contributed by atoms with Gasteiger partial charge in [0.1, 0.15) is 0 Å². The number of rotatable bonds is 4. The lowest BCUT2D eigenvalue weighted by atomic mass is 10.1. The topological polar surface area (TPSA) is 71.3 Å². The number of benzene rings is 1. The zero-order chi connectivity index (χ0) is 15.0. The van der Waals surface area contributed by atoms with Crippen LogP contribution in [-0.4, -0.2) is 24.4 Å². The van der Waals surface area contributed by atoms with Gasteiger partial charge in [-0.05, 0) is 25.8 Å². The minimum atomic E-state index is -0.519. The molecule has 2 N–H and O–H groups in total. The highest BCUT2D eigenvalue weighted by molar-refractivity contribution is 6.00. The predicted molar refractivity (Wildman–Crippen MR) is 74.4 cm³/mol. The van der Waals surface area contributed by atoms with Crippen LogP contribution < -0.4 is 10.6 Å². The molecule has 5 nitrogen and oxygen atoms in total. The fourth-order valence-electron chi connectivity index (χ4n) is 2.17. The predicted octanol–water partition coefficient (Wildman–Crippen LogP) is 1.89. The number of carbonyl (C=O) groups excluding carboxylic acids is 2. The van der Waals surface area contributed by atoms with Crippen molar-refractivity contribution in [2.24, 2.45) is 0 Å². The van der Waals surface area contributed by atoms with Crippen molar-refractivity contribution in [3.05, 3.63) is 35.3 Å². The molecule has 1 aliphatic rings. The van der Waals surface area contributed by atoms with Crippen molar-refractivity contribution < 1.29 is 18.4 Å². The fraction of sp³-hybridized carbons (Fsp3) is 0.333. The molecule has 3 rings (SSSR count). The Bertz CT molecular complexity index is 719. The molecular weight excluding hydrogens is 275 g/mol. The second kappa shape index (κ2) is 5.20. The minimum Gasteiger partial charge on any atom is -0.448 e. The van der Waals surface area contributed by atoms with Gasteiger partial charge in [0, 0.05) is 17.0 Å². The van der Waals surface area contributed by atoms with E-state index in [1.54, 1.807) is 19.1 Å². The molecule has 1 aromatic heterocycles.